The van der Waals surface area contributed by atoms with Crippen molar-refractivity contribution in [1.29, 1.82) is 0 Å². The monoisotopic (exact) mass is 1770 g/mol. The third-order valence-corrected chi connectivity index (χ3v) is 21.5. The number of aliphatic hydroxyl groups excluding tert-OH is 4. The van der Waals surface area contributed by atoms with Gasteiger partial charge in [-0.3, -0.25) is 65.8 Å². The number of imidazole rings is 2. The second-order valence-electron chi connectivity index (χ2n) is 26.3. The molecule has 0 aliphatic carbocycles. The summed E-state index contributed by atoms with van der Waals surface area (Å²) in [5, 5.41) is 79.2. The molecule has 0 radical (unpaired) electrons. The van der Waals surface area contributed by atoms with E-state index >= 15 is 0 Å². The van der Waals surface area contributed by atoms with Crippen LogP contribution in [0, 0.1) is 10.8 Å². The first-order chi connectivity index (χ1) is 51.9. The number of nitrogens with zero attached hydrogens (tertiary/aromatic N) is 8. The maximum atomic E-state index is 12.5. The Bertz CT molecular complexity index is 4410. The van der Waals surface area contributed by atoms with Gasteiger partial charge in [0.05, 0.1) is 73.2 Å². The predicted octanol–water partition coefficient (Wildman–Crippen LogP) is -8.48. The molecule has 115 heavy (non-hydrogen) atoms. The quantitative estimate of drug-likeness (QED) is 0.0144. The Morgan fingerprint density at radius 3 is 1.30 bits per heavy atom. The molecule has 2 fully saturated rings. The molecule has 652 valence electrons. The fourth-order valence-electron chi connectivity index (χ4n) is 10.0. The molecule has 6 heterocycles. The van der Waals surface area contributed by atoms with E-state index in [1.165, 1.54) is 13.8 Å². The van der Waals surface area contributed by atoms with Crippen LogP contribution in [0.3, 0.4) is 0 Å². The molecule has 2 aliphatic heterocycles. The van der Waals surface area contributed by atoms with Crippen LogP contribution in [0.15, 0.2) is 37.0 Å². The van der Waals surface area contributed by atoms with Gasteiger partial charge in [0.1, 0.15) is 78.3 Å². The Labute approximate surface area is 650 Å². The number of carbonyl (C=O) groups excluding carboxylic acids is 6. The lowest BCUT2D eigenvalue weighted by Gasteiger charge is -2.36. The minimum atomic E-state index is -5.95. The van der Waals surface area contributed by atoms with Gasteiger partial charge >= 0.3 is 11.9 Å². The van der Waals surface area contributed by atoms with Crippen LogP contribution in [-0.4, -0.2) is 234 Å². The van der Waals surface area contributed by atoms with Crippen LogP contribution in [0.1, 0.15) is 106 Å². The number of aromatic nitrogens is 8. The van der Waals surface area contributed by atoms with Crippen molar-refractivity contribution in [1.82, 2.24) is 60.3 Å². The van der Waals surface area contributed by atoms with E-state index in [0.717, 1.165) is 68.2 Å². The Kier molecular flexibility index (Phi) is 37.9. The smallest absolute Gasteiger partial charge is 0.307 e. The minimum absolute atomic E-state index is 0. The number of nitrogens with one attached hydrogen (secondary N) is 4. The van der Waals surface area contributed by atoms with Crippen LogP contribution in [0.5, 0.6) is 0 Å². The van der Waals surface area contributed by atoms with Crippen LogP contribution in [0.25, 0.3) is 22.3 Å². The fourth-order valence-corrected chi connectivity index (χ4v) is 15.5. The average molecular weight is 1770 g/mol. The molecule has 2 aliphatic rings. The number of rotatable bonds is 45. The highest BCUT2D eigenvalue weighted by molar-refractivity contribution is 7.60. The second kappa shape index (κ2) is 42.6. The Morgan fingerprint density at radius 1 is 0.565 bits per heavy atom. The van der Waals surface area contributed by atoms with Gasteiger partial charge in [-0.05, 0) is 19.9 Å². The van der Waals surface area contributed by atoms with Gasteiger partial charge in [-0.15, -0.1) is 0 Å². The molecular formula is C55H84N14O40P6-8. The number of ketones is 2. The van der Waals surface area contributed by atoms with Gasteiger partial charge in [-0.25, -0.2) is 38.5 Å². The number of anilines is 2. The third-order valence-electron chi connectivity index (χ3n) is 15.5. The first-order valence-corrected chi connectivity index (χ1v) is 41.2. The summed E-state index contributed by atoms with van der Waals surface area (Å²) < 4.78 is 121. The lowest BCUT2D eigenvalue weighted by atomic mass is 9.87. The summed E-state index contributed by atoms with van der Waals surface area (Å²) in [6.45, 7) is 1.72. The number of carboxylic acid groups (broad SMARTS) is 2. The zero-order chi connectivity index (χ0) is 85.4. The van der Waals surface area contributed by atoms with Crippen molar-refractivity contribution >= 4 is 128 Å². The summed E-state index contributed by atoms with van der Waals surface area (Å²) in [4.78, 5) is 213. The van der Waals surface area contributed by atoms with Crippen LogP contribution in [-0.2, 0) is 111 Å². The van der Waals surface area contributed by atoms with Gasteiger partial charge in [0, 0.05) is 69.1 Å². The van der Waals surface area contributed by atoms with Gasteiger partial charge in [0.2, 0.25) is 23.6 Å². The number of allylic oxidation sites excluding steroid dienone is 1. The van der Waals surface area contributed by atoms with Crippen LogP contribution < -0.4 is 71.9 Å². The van der Waals surface area contributed by atoms with Gasteiger partial charge in [-0.2, -0.15) is 0 Å². The standard InChI is InChI=1S/C27H44N7O20P3.C27H42N7O19P3.CH4.H2O/c1-26(2,21(40)24(41)30-7-5-16(36)29-6-4-14(35)8-27(3,42)9-17(37)38)11-51-57(48,49)54-56(46,47)50-10-15-20(53-55(43,44)45)19(39)25(52-15)34-13-33-18-22(28)31-12-32-23(18)34;1-14(9-18(37)38)8-15(35)4-6-29-17(36)5-7-30-25(41)22(40)27(2,3)11-50-56(47,48)53-55(45,46)49-10-16-21(52-54(42,43)44)20(39)26(51-16)34-13-33-19-23(28)31-12-32-24(19)34;;/h12-13,15,19-21,25,39-40,42H,4-11H2,1-3H3,(H,29,36)(H,30,41)(H,37,38)(H,46,47)(H,48,49)(H2,28,31,32)(H2,43,44,45);8,12-13,16,20-22,26,39-40H,4-7,9-11H2,1-3H3,(H,29,36)(H,30,41)(H,37,38)(H,45,46)(H,47,48)(H2,28,31,32)(H2,42,43,44);1H4;1H2/p-8/b;14-8+;;. The third kappa shape index (κ3) is 33.0. The summed E-state index contributed by atoms with van der Waals surface area (Å²) in [5.41, 5.74) is 6.51. The highest BCUT2D eigenvalue weighted by Crippen LogP contribution is 2.58. The number of hydrogen-bond donors (Lipinski definition) is 13. The number of carbonyl (C=O) groups is 8. The highest BCUT2D eigenvalue weighted by Gasteiger charge is 2.50. The number of ether oxygens (including phenoxy) is 2. The maximum absolute atomic E-state index is 12.5. The van der Waals surface area contributed by atoms with Gasteiger partial charge in [0.15, 0.2) is 41.2 Å². The van der Waals surface area contributed by atoms with Crippen LogP contribution >= 0.6 is 46.9 Å². The van der Waals surface area contributed by atoms with E-state index in [2.05, 4.69) is 86.9 Å². The Balaban J connectivity index is 0.000000585. The molecule has 0 aromatic carbocycles. The molecule has 6 rings (SSSR count). The number of aliphatic hydroxyl groups is 5. The van der Waals surface area contributed by atoms with Crippen molar-refractivity contribution in [2.45, 2.75) is 161 Å². The van der Waals surface area contributed by atoms with E-state index in [-0.39, 0.29) is 105 Å². The van der Waals surface area contributed by atoms with E-state index in [1.807, 2.05) is 0 Å². The highest BCUT2D eigenvalue weighted by atomic mass is 31.3. The molecule has 0 bridgehead atoms. The fraction of sp³-hybridized carbons (Fsp3) is 0.636. The summed E-state index contributed by atoms with van der Waals surface area (Å²) in [7, 11) is -35.3. The summed E-state index contributed by atoms with van der Waals surface area (Å²) in [6, 6.07) is 0. The van der Waals surface area contributed by atoms with E-state index < -0.39 is 211 Å². The number of phosphoric ester groups is 6. The van der Waals surface area contributed by atoms with Crippen molar-refractivity contribution < 1.29 is 191 Å². The Hall–Kier alpha value is -6.98. The molecule has 4 aromatic rings. The number of aliphatic carboxylic acids is 2. The molecule has 4 aromatic heterocycles. The number of Topliss-reactive ketones (excluding diaryl/α,β-unsaturated/α-hetero) is 1. The number of nitrogen functional groups attached to an aromatic ring is 2. The SMILES string of the molecule is C.C/C(=C\C(=O)CCNC(=O)CCNC(=O)C(O)C(C)(C)COP(=O)([O-])OP(=O)([O-])OCC1OC(n2cnc3c(N)ncnc32)C(O)C1OP(=O)([O-])[O-])CC(=O)O.CC(O)(CC(=O)O)CC(=O)CCNC(=O)CCNC(=O)C(O)C(C)(C)COP(=O)([O-])OP(=O)([O-])OCC1OC(n2cnc3c(N)ncnc32)C(O)C1OP(=O)([O-])[O-].O. The summed E-state index contributed by atoms with van der Waals surface area (Å²) in [6.07, 6.45) is -16.4. The molecule has 54 nitrogen and oxygen atoms in total. The lowest BCUT2D eigenvalue weighted by molar-refractivity contribution is -0.348. The van der Waals surface area contributed by atoms with Crippen molar-refractivity contribution in [3.05, 3.63) is 37.0 Å². The molecule has 2 saturated heterocycles. The molecule has 0 saturated carbocycles. The van der Waals surface area contributed by atoms with E-state index in [1.54, 1.807) is 0 Å². The van der Waals surface area contributed by atoms with Crippen LogP contribution in [0.4, 0.5) is 11.6 Å². The number of carboxylic acids is 2. The lowest BCUT2D eigenvalue weighted by Crippen LogP contribution is -2.46. The molecule has 4 amide bonds. The number of hydrogen-bond acceptors (Lipinski definition) is 45. The normalized spacial score (nSPS) is 21.9. The molecular weight excluding hydrogens is 1680 g/mol. The zero-order valence-electron chi connectivity index (χ0n) is 60.4. The molecule has 15 unspecified atom stereocenters. The molecule has 15 atom stereocenters. The number of phosphoric acid groups is 6. The predicted molar refractivity (Wildman–Crippen MR) is 365 cm³/mol. The topological polar surface area (TPSA) is 876 Å². The second-order valence-corrected chi connectivity index (χ2v) is 34.4. The van der Waals surface area contributed by atoms with E-state index in [4.69, 9.17) is 31.2 Å². The first-order valence-electron chi connectivity index (χ1n) is 32.4. The largest absolute Gasteiger partial charge is 0.790 e. The van der Waals surface area contributed by atoms with Crippen molar-refractivity contribution in [2.75, 3.05) is 64.1 Å². The number of amides is 4. The van der Waals surface area contributed by atoms with Crippen molar-refractivity contribution in [3.63, 3.8) is 0 Å². The summed E-state index contributed by atoms with van der Waals surface area (Å²) >= 11 is 0. The summed E-state index contributed by atoms with van der Waals surface area (Å²) in [5.74, 6) is -6.91. The van der Waals surface area contributed by atoms with E-state index in [9.17, 15) is 130 Å². The average Bonchev–Trinajstić information content (AvgIpc) is 1.62. The molecule has 60 heteroatoms. The molecule has 17 N–H and O–H groups in total. The number of nitrogens with two attached hydrogens (primary N) is 2. The van der Waals surface area contributed by atoms with E-state index in [0.29, 0.717) is 5.57 Å². The van der Waals surface area contributed by atoms with Crippen molar-refractivity contribution in [3.8, 4) is 0 Å². The Morgan fingerprint density at radius 2 is 0.930 bits per heavy atom. The zero-order valence-corrected chi connectivity index (χ0v) is 65.7. The minimum Gasteiger partial charge on any atom is -0.790 e. The van der Waals surface area contributed by atoms with Crippen LogP contribution in [0.2, 0.25) is 0 Å². The number of fused-ring (bicyclic) bond motifs is 2. The van der Waals surface area contributed by atoms with Gasteiger partial charge in [0.25, 0.3) is 31.3 Å². The maximum Gasteiger partial charge on any atom is 0.307 e. The molecule has 0 spiro atoms. The van der Waals surface area contributed by atoms with Gasteiger partial charge in [-0.1, -0.05) is 40.7 Å². The van der Waals surface area contributed by atoms with Crippen molar-refractivity contribution in [2.24, 2.45) is 10.8 Å². The van der Waals surface area contributed by atoms with Gasteiger partial charge < -0.3 is 159 Å². The first kappa shape index (κ1) is 102.